The molecule has 2 aromatic rings. The molecular weight excluding hydrogens is 264 g/mol. The van der Waals surface area contributed by atoms with E-state index in [1.165, 1.54) is 0 Å². The second-order valence-electron chi connectivity index (χ2n) is 4.99. The number of aromatic nitrogens is 2. The summed E-state index contributed by atoms with van der Waals surface area (Å²) >= 11 is 0. The SMILES string of the molecule is Cc1cc(C)n(CCCC(=O)Nc2cccc(C#N)c2)n1. The molecule has 0 atom stereocenters. The number of anilines is 1. The molecule has 0 spiro atoms. The molecule has 21 heavy (non-hydrogen) atoms. The Morgan fingerprint density at radius 3 is 2.86 bits per heavy atom. The lowest BCUT2D eigenvalue weighted by atomic mass is 10.2. The molecule has 1 heterocycles. The van der Waals surface area contributed by atoms with E-state index in [1.54, 1.807) is 24.3 Å². The van der Waals surface area contributed by atoms with Crippen molar-refractivity contribution in [2.45, 2.75) is 33.2 Å². The Morgan fingerprint density at radius 1 is 1.38 bits per heavy atom. The van der Waals surface area contributed by atoms with Gasteiger partial charge in [0.2, 0.25) is 5.91 Å². The number of carbonyl (C=O) groups excluding carboxylic acids is 1. The highest BCUT2D eigenvalue weighted by Gasteiger charge is 2.05. The van der Waals surface area contributed by atoms with Crippen molar-refractivity contribution in [3.05, 3.63) is 47.3 Å². The number of nitrogens with one attached hydrogen (secondary N) is 1. The van der Waals surface area contributed by atoms with Crippen LogP contribution in [0, 0.1) is 25.2 Å². The molecular formula is C16H18N4O. The maximum absolute atomic E-state index is 11.9. The van der Waals surface area contributed by atoms with Gasteiger partial charge in [0.1, 0.15) is 0 Å². The normalized spacial score (nSPS) is 10.1. The summed E-state index contributed by atoms with van der Waals surface area (Å²) in [5, 5.41) is 16.0. The van der Waals surface area contributed by atoms with Crippen molar-refractivity contribution in [1.29, 1.82) is 5.26 Å². The summed E-state index contributed by atoms with van der Waals surface area (Å²) in [6.07, 6.45) is 1.15. The third kappa shape index (κ3) is 4.18. The van der Waals surface area contributed by atoms with Crippen LogP contribution in [0.15, 0.2) is 30.3 Å². The van der Waals surface area contributed by atoms with Crippen LogP contribution in [0.2, 0.25) is 0 Å². The van der Waals surface area contributed by atoms with Crippen molar-refractivity contribution >= 4 is 11.6 Å². The van der Waals surface area contributed by atoms with Crippen LogP contribution >= 0.6 is 0 Å². The van der Waals surface area contributed by atoms with Crippen LogP contribution in [-0.4, -0.2) is 15.7 Å². The van der Waals surface area contributed by atoms with Crippen molar-refractivity contribution in [3.8, 4) is 6.07 Å². The van der Waals surface area contributed by atoms with Crippen LogP contribution < -0.4 is 5.32 Å². The molecule has 0 saturated heterocycles. The van der Waals surface area contributed by atoms with Gasteiger partial charge in [-0.1, -0.05) is 6.07 Å². The number of rotatable bonds is 5. The molecule has 0 bridgehead atoms. The highest BCUT2D eigenvalue weighted by atomic mass is 16.1. The monoisotopic (exact) mass is 282 g/mol. The summed E-state index contributed by atoms with van der Waals surface area (Å²) in [4.78, 5) is 11.9. The lowest BCUT2D eigenvalue weighted by molar-refractivity contribution is -0.116. The van der Waals surface area contributed by atoms with Crippen molar-refractivity contribution in [1.82, 2.24) is 9.78 Å². The quantitative estimate of drug-likeness (QED) is 0.916. The van der Waals surface area contributed by atoms with Crippen LogP contribution in [0.25, 0.3) is 0 Å². The number of nitriles is 1. The van der Waals surface area contributed by atoms with Crippen LogP contribution in [0.3, 0.4) is 0 Å². The van der Waals surface area contributed by atoms with E-state index >= 15 is 0 Å². The third-order valence-electron chi connectivity index (χ3n) is 3.15. The van der Waals surface area contributed by atoms with Crippen molar-refractivity contribution in [3.63, 3.8) is 0 Å². The Bertz CT molecular complexity index is 682. The molecule has 1 N–H and O–H groups in total. The van der Waals surface area contributed by atoms with Gasteiger partial charge >= 0.3 is 0 Å². The van der Waals surface area contributed by atoms with Crippen molar-refractivity contribution in [2.75, 3.05) is 5.32 Å². The minimum atomic E-state index is -0.0494. The van der Waals surface area contributed by atoms with Crippen molar-refractivity contribution in [2.24, 2.45) is 0 Å². The predicted molar refractivity (Wildman–Crippen MR) is 80.7 cm³/mol. The summed E-state index contributed by atoms with van der Waals surface area (Å²) in [6, 6.07) is 11.0. The number of carbonyl (C=O) groups is 1. The minimum absolute atomic E-state index is 0.0494. The lowest BCUT2D eigenvalue weighted by Gasteiger charge is -2.06. The molecule has 1 aromatic heterocycles. The molecule has 5 heteroatoms. The number of nitrogens with zero attached hydrogens (tertiary/aromatic N) is 3. The molecule has 0 unspecified atom stereocenters. The number of benzene rings is 1. The van der Waals surface area contributed by atoms with E-state index in [0.717, 1.165) is 24.4 Å². The van der Waals surface area contributed by atoms with E-state index in [-0.39, 0.29) is 5.91 Å². The Morgan fingerprint density at radius 2 is 2.19 bits per heavy atom. The van der Waals surface area contributed by atoms with E-state index in [0.29, 0.717) is 17.7 Å². The highest BCUT2D eigenvalue weighted by Crippen LogP contribution is 2.11. The van der Waals surface area contributed by atoms with Gasteiger partial charge in [-0.25, -0.2) is 0 Å². The first-order chi connectivity index (χ1) is 10.1. The van der Waals surface area contributed by atoms with Crippen LogP contribution in [0.4, 0.5) is 5.69 Å². The summed E-state index contributed by atoms with van der Waals surface area (Å²) < 4.78 is 1.92. The zero-order valence-corrected chi connectivity index (χ0v) is 12.3. The topological polar surface area (TPSA) is 70.7 Å². The summed E-state index contributed by atoms with van der Waals surface area (Å²) in [5.41, 5.74) is 3.29. The van der Waals surface area contributed by atoms with Gasteiger partial charge in [0.25, 0.3) is 0 Å². The Balaban J connectivity index is 1.82. The van der Waals surface area contributed by atoms with Crippen LogP contribution in [0.5, 0.6) is 0 Å². The molecule has 0 fully saturated rings. The molecule has 0 aliphatic rings. The average molecular weight is 282 g/mol. The van der Waals surface area contributed by atoms with Gasteiger partial charge in [-0.2, -0.15) is 10.4 Å². The maximum atomic E-state index is 11.9. The number of hydrogen-bond acceptors (Lipinski definition) is 3. The zero-order valence-electron chi connectivity index (χ0n) is 12.3. The summed E-state index contributed by atoms with van der Waals surface area (Å²) in [7, 11) is 0. The first kappa shape index (κ1) is 14.8. The molecule has 1 amide bonds. The Hall–Kier alpha value is -2.61. The largest absolute Gasteiger partial charge is 0.326 e. The average Bonchev–Trinajstić information content (AvgIpc) is 2.77. The van der Waals surface area contributed by atoms with Crippen LogP contribution in [-0.2, 0) is 11.3 Å². The highest BCUT2D eigenvalue weighted by molar-refractivity contribution is 5.90. The fourth-order valence-corrected chi connectivity index (χ4v) is 2.18. The molecule has 5 nitrogen and oxygen atoms in total. The van der Waals surface area contributed by atoms with Crippen LogP contribution in [0.1, 0.15) is 29.8 Å². The molecule has 108 valence electrons. The number of amides is 1. The lowest BCUT2D eigenvalue weighted by Crippen LogP contribution is -2.13. The molecule has 1 aromatic carbocycles. The van der Waals surface area contributed by atoms with Crippen molar-refractivity contribution < 1.29 is 4.79 Å². The van der Waals surface area contributed by atoms with Gasteiger partial charge < -0.3 is 5.32 Å². The van der Waals surface area contributed by atoms with Gasteiger partial charge in [-0.15, -0.1) is 0 Å². The fraction of sp³-hybridized carbons (Fsp3) is 0.312. The van der Waals surface area contributed by atoms with E-state index in [9.17, 15) is 4.79 Å². The molecule has 2 rings (SSSR count). The Kier molecular flexibility index (Phi) is 4.72. The predicted octanol–water partition coefficient (Wildman–Crippen LogP) is 2.79. The van der Waals surface area contributed by atoms with Gasteiger partial charge in [0, 0.05) is 24.3 Å². The molecule has 0 aliphatic heterocycles. The van der Waals surface area contributed by atoms with E-state index in [1.807, 2.05) is 24.6 Å². The second kappa shape index (κ2) is 6.71. The van der Waals surface area contributed by atoms with Gasteiger partial charge in [-0.3, -0.25) is 9.48 Å². The second-order valence-corrected chi connectivity index (χ2v) is 4.99. The first-order valence-corrected chi connectivity index (χ1v) is 6.89. The zero-order chi connectivity index (χ0) is 15.2. The smallest absolute Gasteiger partial charge is 0.224 e. The first-order valence-electron chi connectivity index (χ1n) is 6.89. The minimum Gasteiger partial charge on any atom is -0.326 e. The number of aryl methyl sites for hydroxylation is 3. The van der Waals surface area contributed by atoms with Gasteiger partial charge in [0.05, 0.1) is 17.3 Å². The fourth-order valence-electron chi connectivity index (χ4n) is 2.18. The number of hydrogen-bond donors (Lipinski definition) is 1. The molecule has 0 radical (unpaired) electrons. The van der Waals surface area contributed by atoms with E-state index in [4.69, 9.17) is 5.26 Å². The summed E-state index contributed by atoms with van der Waals surface area (Å²) in [6.45, 7) is 4.69. The Labute approximate surface area is 124 Å². The molecule has 0 aliphatic carbocycles. The molecule has 0 saturated carbocycles. The summed E-state index contributed by atoms with van der Waals surface area (Å²) in [5.74, 6) is -0.0494. The standard InChI is InChI=1S/C16H18N4O/c1-12-9-13(2)20(19-12)8-4-7-16(21)18-15-6-3-5-14(10-15)11-17/h3,5-6,9-10H,4,7-8H2,1-2H3,(H,18,21). The third-order valence-corrected chi connectivity index (χ3v) is 3.15. The van der Waals surface area contributed by atoms with Gasteiger partial charge in [0.15, 0.2) is 0 Å². The van der Waals surface area contributed by atoms with Gasteiger partial charge in [-0.05, 0) is 44.5 Å². The van der Waals surface area contributed by atoms with E-state index < -0.39 is 0 Å². The van der Waals surface area contributed by atoms with E-state index in [2.05, 4.69) is 16.5 Å². The maximum Gasteiger partial charge on any atom is 0.224 e.